The summed E-state index contributed by atoms with van der Waals surface area (Å²) >= 11 is 6.87. The van der Waals surface area contributed by atoms with Crippen molar-refractivity contribution in [2.24, 2.45) is 5.92 Å². The minimum atomic E-state index is -3.57. The number of amides is 1. The number of piperidine rings is 1. The van der Waals surface area contributed by atoms with Crippen molar-refractivity contribution < 1.29 is 17.6 Å². The van der Waals surface area contributed by atoms with Crippen molar-refractivity contribution in [1.29, 1.82) is 0 Å². The van der Waals surface area contributed by atoms with Crippen molar-refractivity contribution in [1.82, 2.24) is 4.31 Å². The van der Waals surface area contributed by atoms with Gasteiger partial charge in [-0.1, -0.05) is 17.7 Å². The zero-order valence-corrected chi connectivity index (χ0v) is 15.5. The minimum Gasteiger partial charge on any atom is -0.326 e. The summed E-state index contributed by atoms with van der Waals surface area (Å²) in [6, 6.07) is 7.17. The van der Waals surface area contributed by atoms with Gasteiger partial charge in [0.25, 0.3) is 10.0 Å². The van der Waals surface area contributed by atoms with E-state index in [0.29, 0.717) is 25.1 Å². The summed E-state index contributed by atoms with van der Waals surface area (Å²) in [7, 11) is -3.57. The van der Waals surface area contributed by atoms with Crippen LogP contribution in [0.4, 0.5) is 10.1 Å². The van der Waals surface area contributed by atoms with Crippen molar-refractivity contribution in [2.75, 3.05) is 18.4 Å². The Labute approximate surface area is 154 Å². The van der Waals surface area contributed by atoms with E-state index in [2.05, 4.69) is 5.32 Å². The van der Waals surface area contributed by atoms with Crippen LogP contribution in [0.5, 0.6) is 0 Å². The normalized spacial score (nSPS) is 18.9. The fraction of sp³-hybridized carbons (Fsp3) is 0.312. The summed E-state index contributed by atoms with van der Waals surface area (Å²) in [5.74, 6) is -1.33. The Balaban J connectivity index is 1.70. The maximum Gasteiger partial charge on any atom is 0.252 e. The largest absolute Gasteiger partial charge is 0.326 e. The Morgan fingerprint density at radius 2 is 2.16 bits per heavy atom. The van der Waals surface area contributed by atoms with Crippen LogP contribution in [-0.2, 0) is 14.8 Å². The number of rotatable bonds is 4. The molecule has 1 aliphatic heterocycles. The molecule has 5 nitrogen and oxygen atoms in total. The van der Waals surface area contributed by atoms with Crippen LogP contribution in [0.15, 0.2) is 39.9 Å². The van der Waals surface area contributed by atoms with E-state index in [1.807, 2.05) is 0 Å². The number of nitrogens with zero attached hydrogens (tertiary/aromatic N) is 1. The molecular formula is C16H16ClFN2O3S2. The van der Waals surface area contributed by atoms with Gasteiger partial charge in [-0.05, 0) is 42.5 Å². The molecule has 0 unspecified atom stereocenters. The lowest BCUT2D eigenvalue weighted by Gasteiger charge is -2.30. The monoisotopic (exact) mass is 402 g/mol. The fourth-order valence-corrected chi connectivity index (χ4v) is 5.58. The Hall–Kier alpha value is -1.48. The number of carbonyl (C=O) groups is 1. The topological polar surface area (TPSA) is 66.5 Å². The number of hydrogen-bond donors (Lipinski definition) is 1. The summed E-state index contributed by atoms with van der Waals surface area (Å²) in [5, 5.41) is 4.30. The molecule has 1 saturated heterocycles. The van der Waals surface area contributed by atoms with Crippen molar-refractivity contribution in [3.63, 3.8) is 0 Å². The molecule has 1 atom stereocenters. The molecule has 3 rings (SSSR count). The number of benzene rings is 1. The third-order valence-electron chi connectivity index (χ3n) is 4.03. The second-order valence-corrected chi connectivity index (χ2v) is 9.27. The number of carbonyl (C=O) groups excluding carboxylic acids is 1. The SMILES string of the molecule is O=C(Nc1ccc(F)c(Cl)c1)[C@H]1CCCN(S(=O)(=O)c2cccs2)C1. The molecule has 134 valence electrons. The highest BCUT2D eigenvalue weighted by Gasteiger charge is 2.33. The molecule has 1 fully saturated rings. The van der Waals surface area contributed by atoms with E-state index in [1.54, 1.807) is 17.5 Å². The second kappa shape index (κ2) is 7.41. The molecule has 1 N–H and O–H groups in total. The van der Waals surface area contributed by atoms with Crippen LogP contribution in [0, 0.1) is 11.7 Å². The van der Waals surface area contributed by atoms with Crippen molar-refractivity contribution >= 4 is 44.6 Å². The van der Waals surface area contributed by atoms with E-state index in [1.165, 1.54) is 22.5 Å². The lowest BCUT2D eigenvalue weighted by Crippen LogP contribution is -2.43. The Kier molecular flexibility index (Phi) is 5.43. The van der Waals surface area contributed by atoms with Crippen molar-refractivity contribution in [3.05, 3.63) is 46.6 Å². The molecule has 0 radical (unpaired) electrons. The van der Waals surface area contributed by atoms with Gasteiger partial charge < -0.3 is 5.32 Å². The molecule has 25 heavy (non-hydrogen) atoms. The first-order chi connectivity index (χ1) is 11.9. The van der Waals surface area contributed by atoms with Gasteiger partial charge in [-0.2, -0.15) is 4.31 Å². The molecule has 0 saturated carbocycles. The van der Waals surface area contributed by atoms with Gasteiger partial charge in [-0.25, -0.2) is 12.8 Å². The predicted molar refractivity (Wildman–Crippen MR) is 95.8 cm³/mol. The van der Waals surface area contributed by atoms with Gasteiger partial charge in [0.2, 0.25) is 5.91 Å². The summed E-state index contributed by atoms with van der Waals surface area (Å²) in [4.78, 5) is 12.5. The smallest absolute Gasteiger partial charge is 0.252 e. The summed E-state index contributed by atoms with van der Waals surface area (Å²) in [6.45, 7) is 0.521. The van der Waals surface area contributed by atoms with Gasteiger partial charge in [0.05, 0.1) is 10.9 Å². The molecule has 2 aromatic rings. The first kappa shape index (κ1) is 18.3. The summed E-state index contributed by atoms with van der Waals surface area (Å²) < 4.78 is 40.0. The standard InChI is InChI=1S/C16H16ClFN2O3S2/c17-13-9-12(5-6-14(13)18)19-16(21)11-3-1-7-20(10-11)25(22,23)15-4-2-8-24-15/h2,4-6,8-9,11H,1,3,7,10H2,(H,19,21)/t11-/m0/s1. The van der Waals surface area contributed by atoms with Crippen molar-refractivity contribution in [3.8, 4) is 0 Å². The first-order valence-corrected chi connectivity index (χ1v) is 10.4. The molecular weight excluding hydrogens is 387 g/mol. The number of thiophene rings is 1. The van der Waals surface area contributed by atoms with E-state index < -0.39 is 21.8 Å². The van der Waals surface area contributed by atoms with Crippen LogP contribution >= 0.6 is 22.9 Å². The van der Waals surface area contributed by atoms with E-state index >= 15 is 0 Å². The lowest BCUT2D eigenvalue weighted by molar-refractivity contribution is -0.120. The van der Waals surface area contributed by atoms with Gasteiger partial charge >= 0.3 is 0 Å². The second-order valence-electron chi connectivity index (χ2n) is 5.75. The third kappa shape index (κ3) is 4.03. The average Bonchev–Trinajstić information content (AvgIpc) is 3.14. The van der Waals surface area contributed by atoms with Crippen LogP contribution in [0.3, 0.4) is 0 Å². The molecule has 1 aliphatic rings. The zero-order chi connectivity index (χ0) is 18.0. The molecule has 1 aromatic heterocycles. The van der Waals surface area contributed by atoms with E-state index in [4.69, 9.17) is 11.6 Å². The fourth-order valence-electron chi connectivity index (χ4n) is 2.73. The van der Waals surface area contributed by atoms with E-state index in [-0.39, 0.29) is 21.7 Å². The predicted octanol–water partition coefficient (Wildman–Crippen LogP) is 3.58. The molecule has 0 spiro atoms. The zero-order valence-electron chi connectivity index (χ0n) is 13.1. The van der Waals surface area contributed by atoms with E-state index in [0.717, 1.165) is 11.3 Å². The highest BCUT2D eigenvalue weighted by Crippen LogP contribution is 2.27. The van der Waals surface area contributed by atoms with Gasteiger partial charge in [-0.3, -0.25) is 4.79 Å². The highest BCUT2D eigenvalue weighted by atomic mass is 35.5. The maximum absolute atomic E-state index is 13.2. The minimum absolute atomic E-state index is 0.0802. The third-order valence-corrected chi connectivity index (χ3v) is 7.56. The van der Waals surface area contributed by atoms with Gasteiger partial charge in [0.1, 0.15) is 10.0 Å². The first-order valence-electron chi connectivity index (χ1n) is 7.67. The number of nitrogens with one attached hydrogen (secondary N) is 1. The van der Waals surface area contributed by atoms with Crippen LogP contribution in [0.1, 0.15) is 12.8 Å². The summed E-state index contributed by atoms with van der Waals surface area (Å²) in [5.41, 5.74) is 0.384. The molecule has 0 bridgehead atoms. The maximum atomic E-state index is 13.2. The van der Waals surface area contributed by atoms with Crippen molar-refractivity contribution in [2.45, 2.75) is 17.1 Å². The van der Waals surface area contributed by atoms with Crippen LogP contribution in [0.2, 0.25) is 5.02 Å². The van der Waals surface area contributed by atoms with Gasteiger partial charge in [0.15, 0.2) is 0 Å². The molecule has 1 amide bonds. The molecule has 0 aliphatic carbocycles. The number of halogens is 2. The molecule has 1 aromatic carbocycles. The molecule has 9 heteroatoms. The Morgan fingerprint density at radius 1 is 1.36 bits per heavy atom. The number of hydrogen-bond acceptors (Lipinski definition) is 4. The van der Waals surface area contributed by atoms with Gasteiger partial charge in [-0.15, -0.1) is 11.3 Å². The van der Waals surface area contributed by atoms with Crippen LogP contribution < -0.4 is 5.32 Å². The summed E-state index contributed by atoms with van der Waals surface area (Å²) in [6.07, 6.45) is 1.20. The molecule has 2 heterocycles. The number of sulfonamides is 1. The Bertz CT molecular complexity index is 872. The average molecular weight is 403 g/mol. The quantitative estimate of drug-likeness (QED) is 0.849. The lowest BCUT2D eigenvalue weighted by atomic mass is 9.99. The van der Waals surface area contributed by atoms with Crippen LogP contribution in [-0.4, -0.2) is 31.7 Å². The highest BCUT2D eigenvalue weighted by molar-refractivity contribution is 7.91. The van der Waals surface area contributed by atoms with E-state index in [9.17, 15) is 17.6 Å². The number of anilines is 1. The van der Waals surface area contributed by atoms with Crippen LogP contribution in [0.25, 0.3) is 0 Å². The Morgan fingerprint density at radius 3 is 2.84 bits per heavy atom. The van der Waals surface area contributed by atoms with Gasteiger partial charge in [0, 0.05) is 18.8 Å².